The van der Waals surface area contributed by atoms with Gasteiger partial charge in [0.15, 0.2) is 0 Å². The van der Waals surface area contributed by atoms with Crippen LogP contribution < -0.4 is 4.74 Å². The topological polar surface area (TPSA) is 41.9 Å². The van der Waals surface area contributed by atoms with Crippen LogP contribution in [0, 0.1) is 0 Å². The molecule has 1 fully saturated rings. The van der Waals surface area contributed by atoms with E-state index < -0.39 is 0 Å². The highest BCUT2D eigenvalue weighted by Crippen LogP contribution is 2.39. The van der Waals surface area contributed by atoms with Crippen molar-refractivity contribution >= 4 is 23.5 Å². The van der Waals surface area contributed by atoms with Gasteiger partial charge in [-0.25, -0.2) is 0 Å². The van der Waals surface area contributed by atoms with E-state index in [1.807, 2.05) is 24.6 Å². The molecular formula is C18H22N2O2S. The van der Waals surface area contributed by atoms with Gasteiger partial charge in [0, 0.05) is 18.3 Å². The molecule has 122 valence electrons. The Kier molecular flexibility index (Phi) is 3.97. The monoisotopic (exact) mass is 330 g/mol. The molecule has 1 atom stereocenters. The third-order valence-electron chi connectivity index (χ3n) is 4.91. The van der Waals surface area contributed by atoms with Gasteiger partial charge >= 0.3 is 0 Å². The van der Waals surface area contributed by atoms with Crippen LogP contribution in [0.3, 0.4) is 0 Å². The highest BCUT2D eigenvalue weighted by Gasteiger charge is 2.40. The third-order valence-corrected chi connectivity index (χ3v) is 5.79. The average Bonchev–Trinajstić information content (AvgIpc) is 3.09. The van der Waals surface area contributed by atoms with Gasteiger partial charge in [0.1, 0.15) is 10.6 Å². The molecule has 2 aliphatic carbocycles. The molecule has 0 bridgehead atoms. The smallest absolute Gasteiger partial charge is 0.268 e. The molecule has 2 heterocycles. The molecule has 0 saturated heterocycles. The normalized spacial score (nSPS) is 23.1. The maximum Gasteiger partial charge on any atom is 0.268 e. The lowest BCUT2D eigenvalue weighted by Crippen LogP contribution is -2.43. The van der Waals surface area contributed by atoms with E-state index in [1.54, 1.807) is 0 Å². The first-order valence-corrected chi connectivity index (χ1v) is 9.39. The summed E-state index contributed by atoms with van der Waals surface area (Å²) in [5, 5.41) is 1.95. The van der Waals surface area contributed by atoms with Crippen molar-refractivity contribution in [1.29, 1.82) is 0 Å². The fraction of sp³-hybridized carbons (Fsp3) is 0.556. The number of hydrogen-bond donors (Lipinski definition) is 0. The Morgan fingerprint density at radius 3 is 3.04 bits per heavy atom. The molecule has 1 saturated carbocycles. The first-order valence-electron chi connectivity index (χ1n) is 8.51. The number of rotatable bonds is 5. The van der Waals surface area contributed by atoms with E-state index in [2.05, 4.69) is 9.89 Å². The molecule has 3 aliphatic rings. The molecule has 23 heavy (non-hydrogen) atoms. The Morgan fingerprint density at radius 2 is 2.26 bits per heavy atom. The predicted octanol–water partition coefficient (Wildman–Crippen LogP) is 3.68. The summed E-state index contributed by atoms with van der Waals surface area (Å²) in [5.74, 6) is 0.904. The number of thiophene rings is 1. The van der Waals surface area contributed by atoms with Gasteiger partial charge in [-0.2, -0.15) is 0 Å². The summed E-state index contributed by atoms with van der Waals surface area (Å²) in [6, 6.07) is 2.65. The van der Waals surface area contributed by atoms with Crippen molar-refractivity contribution in [3.05, 3.63) is 27.5 Å². The zero-order valence-electron chi connectivity index (χ0n) is 13.5. The molecule has 0 radical (unpaired) electrons. The average molecular weight is 330 g/mol. The Labute approximate surface area is 140 Å². The number of aliphatic imine (C=N–C) groups is 1. The first kappa shape index (κ1) is 14.9. The van der Waals surface area contributed by atoms with E-state index in [1.165, 1.54) is 22.5 Å². The van der Waals surface area contributed by atoms with Gasteiger partial charge in [-0.15, -0.1) is 11.3 Å². The van der Waals surface area contributed by atoms with Crippen molar-refractivity contribution in [2.75, 3.05) is 13.2 Å². The molecule has 5 heteroatoms. The minimum absolute atomic E-state index is 0.162. The van der Waals surface area contributed by atoms with Crippen LogP contribution in [0.1, 0.15) is 48.7 Å². The fourth-order valence-corrected chi connectivity index (χ4v) is 4.43. The Hall–Kier alpha value is -1.62. The highest BCUT2D eigenvalue weighted by atomic mass is 32.1. The van der Waals surface area contributed by atoms with Crippen LogP contribution in [0.25, 0.3) is 0 Å². The fourth-order valence-electron chi connectivity index (χ4n) is 3.65. The molecule has 0 N–H and O–H groups in total. The number of carbonyl (C=O) groups excluding carboxylic acids is 1. The van der Waals surface area contributed by atoms with Crippen LogP contribution in [-0.2, 0) is 0 Å². The van der Waals surface area contributed by atoms with E-state index >= 15 is 0 Å². The van der Waals surface area contributed by atoms with Gasteiger partial charge in [0.25, 0.3) is 5.91 Å². The van der Waals surface area contributed by atoms with Gasteiger partial charge < -0.3 is 9.64 Å². The minimum Gasteiger partial charge on any atom is -0.492 e. The molecule has 1 amide bonds. The molecule has 4 rings (SSSR count). The van der Waals surface area contributed by atoms with Crippen molar-refractivity contribution in [1.82, 2.24) is 4.90 Å². The Morgan fingerprint density at radius 1 is 1.39 bits per heavy atom. The number of nitrogens with zero attached hydrogens (tertiary/aromatic N) is 2. The predicted molar refractivity (Wildman–Crippen MR) is 92.7 cm³/mol. The molecule has 1 aromatic heterocycles. The zero-order valence-corrected chi connectivity index (χ0v) is 14.3. The number of ether oxygens (including phenoxy) is 1. The van der Waals surface area contributed by atoms with Gasteiger partial charge in [-0.05, 0) is 61.6 Å². The van der Waals surface area contributed by atoms with Crippen LogP contribution in [0.5, 0.6) is 5.75 Å². The highest BCUT2D eigenvalue weighted by molar-refractivity contribution is 7.12. The van der Waals surface area contributed by atoms with E-state index in [-0.39, 0.29) is 5.91 Å². The molecule has 1 aliphatic heterocycles. The van der Waals surface area contributed by atoms with Gasteiger partial charge in [-0.3, -0.25) is 9.79 Å². The summed E-state index contributed by atoms with van der Waals surface area (Å²) < 4.78 is 5.64. The van der Waals surface area contributed by atoms with Crippen molar-refractivity contribution in [3.63, 3.8) is 0 Å². The Balaban J connectivity index is 1.57. The van der Waals surface area contributed by atoms with Crippen LogP contribution in [0.4, 0.5) is 0 Å². The first-order chi connectivity index (χ1) is 11.3. The summed E-state index contributed by atoms with van der Waals surface area (Å²) >= 11 is 1.50. The molecule has 1 aromatic rings. The lowest BCUT2D eigenvalue weighted by molar-refractivity contribution is 0.0647. The lowest BCUT2D eigenvalue weighted by Gasteiger charge is -2.35. The number of hydrogen-bond acceptors (Lipinski definition) is 4. The third kappa shape index (κ3) is 2.82. The molecule has 0 spiro atoms. The van der Waals surface area contributed by atoms with E-state index in [0.717, 1.165) is 49.3 Å². The van der Waals surface area contributed by atoms with E-state index in [0.29, 0.717) is 18.7 Å². The quantitative estimate of drug-likeness (QED) is 0.826. The summed E-state index contributed by atoms with van der Waals surface area (Å²) in [6.45, 7) is 3.43. The van der Waals surface area contributed by atoms with Crippen molar-refractivity contribution in [2.45, 2.75) is 51.1 Å². The standard InChI is InChI=1S/C18H22N2O2S/c1-2-22-16-7-8-23-17(16)18(21)20(14-5-6-14)15-4-3-12-10-19-11-13(12)9-15/h7-8,11,14-15H,2-6,9-10H2,1H3. The maximum atomic E-state index is 13.2. The second-order valence-corrected chi connectivity index (χ2v) is 7.40. The van der Waals surface area contributed by atoms with Crippen LogP contribution in [0.15, 0.2) is 27.6 Å². The minimum atomic E-state index is 0.162. The van der Waals surface area contributed by atoms with E-state index in [9.17, 15) is 4.79 Å². The largest absolute Gasteiger partial charge is 0.492 e. The molecule has 0 aromatic carbocycles. The van der Waals surface area contributed by atoms with Gasteiger partial charge in [0.2, 0.25) is 0 Å². The van der Waals surface area contributed by atoms with E-state index in [4.69, 9.17) is 4.74 Å². The van der Waals surface area contributed by atoms with Crippen LogP contribution in [0.2, 0.25) is 0 Å². The maximum absolute atomic E-state index is 13.2. The summed E-state index contributed by atoms with van der Waals surface area (Å²) in [6.07, 6.45) is 7.42. The molecular weight excluding hydrogens is 308 g/mol. The zero-order chi connectivity index (χ0) is 15.8. The van der Waals surface area contributed by atoms with Crippen LogP contribution >= 0.6 is 11.3 Å². The molecule has 1 unspecified atom stereocenters. The second kappa shape index (κ2) is 6.11. The Bertz CT molecular complexity index is 672. The summed E-state index contributed by atoms with van der Waals surface area (Å²) in [4.78, 5) is 20.5. The molecule has 4 nitrogen and oxygen atoms in total. The van der Waals surface area contributed by atoms with Crippen molar-refractivity contribution in [3.8, 4) is 5.75 Å². The van der Waals surface area contributed by atoms with Gasteiger partial charge in [0.05, 0.1) is 13.2 Å². The second-order valence-electron chi connectivity index (χ2n) is 6.49. The summed E-state index contributed by atoms with van der Waals surface area (Å²) in [7, 11) is 0. The van der Waals surface area contributed by atoms with Gasteiger partial charge in [-0.1, -0.05) is 0 Å². The SMILES string of the molecule is CCOc1ccsc1C(=O)N(C1CC1)C1CCC2=C(C=NC2)C1. The summed E-state index contributed by atoms with van der Waals surface area (Å²) in [5.41, 5.74) is 2.85. The lowest BCUT2D eigenvalue weighted by atomic mass is 9.88. The van der Waals surface area contributed by atoms with Crippen molar-refractivity contribution in [2.24, 2.45) is 4.99 Å². The number of carbonyl (C=O) groups is 1. The van der Waals surface area contributed by atoms with Crippen molar-refractivity contribution < 1.29 is 9.53 Å². The number of amides is 1. The van der Waals surface area contributed by atoms with Crippen LogP contribution in [-0.4, -0.2) is 42.3 Å².